The van der Waals surface area contributed by atoms with Crippen LogP contribution in [0, 0.1) is 0 Å². The van der Waals surface area contributed by atoms with Crippen LogP contribution >= 0.6 is 0 Å². The molecule has 0 aromatic heterocycles. The molecule has 21 heavy (non-hydrogen) atoms. The summed E-state index contributed by atoms with van der Waals surface area (Å²) in [4.78, 5) is 13.7. The van der Waals surface area contributed by atoms with Gasteiger partial charge in [0.15, 0.2) is 9.84 Å². The highest BCUT2D eigenvalue weighted by atomic mass is 32.2. The molecule has 2 N–H and O–H groups in total. The number of hydrogen-bond donors (Lipinski definition) is 1. The molecule has 0 aliphatic carbocycles. The van der Waals surface area contributed by atoms with Gasteiger partial charge in [-0.1, -0.05) is 0 Å². The van der Waals surface area contributed by atoms with E-state index in [0.29, 0.717) is 18.5 Å². The van der Waals surface area contributed by atoms with Gasteiger partial charge in [0.2, 0.25) is 5.91 Å². The van der Waals surface area contributed by atoms with E-state index in [9.17, 15) is 13.2 Å². The van der Waals surface area contributed by atoms with Gasteiger partial charge in [0, 0.05) is 24.3 Å². The van der Waals surface area contributed by atoms with Gasteiger partial charge >= 0.3 is 0 Å². The summed E-state index contributed by atoms with van der Waals surface area (Å²) in [5.74, 6) is -0.0668. The second-order valence-corrected chi connectivity index (χ2v) is 9.23. The number of nitrogens with two attached hydrogens (primary N) is 1. The van der Waals surface area contributed by atoms with Crippen molar-refractivity contribution in [3.8, 4) is 0 Å². The summed E-state index contributed by atoms with van der Waals surface area (Å²) in [5.41, 5.74) is 8.21. The molecule has 1 amide bonds. The average Bonchev–Trinajstić information content (AvgIpc) is 2.36. The Morgan fingerprint density at radius 2 is 1.90 bits per heavy atom. The number of sulfone groups is 1. The van der Waals surface area contributed by atoms with Crippen molar-refractivity contribution in [2.45, 2.75) is 38.4 Å². The van der Waals surface area contributed by atoms with E-state index in [4.69, 9.17) is 5.73 Å². The van der Waals surface area contributed by atoms with Gasteiger partial charge in [-0.3, -0.25) is 4.79 Å². The molecule has 1 aromatic carbocycles. The average molecular weight is 310 g/mol. The number of nitrogens with zero attached hydrogens (tertiary/aromatic N) is 1. The summed E-state index contributed by atoms with van der Waals surface area (Å²) in [6.07, 6.45) is 1.05. The molecule has 0 atom stereocenters. The maximum atomic E-state index is 12.2. The minimum atomic E-state index is -3.25. The van der Waals surface area contributed by atoms with Crippen LogP contribution in [0.4, 0.5) is 11.4 Å². The molecule has 1 aromatic rings. The standard InChI is InChI=1S/C15H22N2O3S/c1-15(2,3)21(19,20)9-8-17-13-6-5-12(16)10-11(13)4-7-14(17)18/h5-6,10H,4,7-9,16H2,1-3H3. The van der Waals surface area contributed by atoms with Crippen molar-refractivity contribution in [1.29, 1.82) is 0 Å². The first-order chi connectivity index (χ1) is 9.62. The van der Waals surface area contributed by atoms with Gasteiger partial charge in [-0.2, -0.15) is 0 Å². The summed E-state index contributed by atoms with van der Waals surface area (Å²) in [5, 5.41) is 0. The number of anilines is 2. The molecule has 6 heteroatoms. The molecule has 1 aliphatic rings. The molecule has 0 bridgehead atoms. The molecule has 2 rings (SSSR count). The third-order valence-electron chi connectivity index (χ3n) is 3.82. The fourth-order valence-corrected chi connectivity index (χ4v) is 3.38. The van der Waals surface area contributed by atoms with Crippen LogP contribution in [-0.4, -0.2) is 31.4 Å². The van der Waals surface area contributed by atoms with Crippen LogP contribution in [0.1, 0.15) is 32.8 Å². The fourth-order valence-electron chi connectivity index (χ4n) is 2.34. The van der Waals surface area contributed by atoms with Crippen LogP contribution in [0.5, 0.6) is 0 Å². The fraction of sp³-hybridized carbons (Fsp3) is 0.533. The maximum absolute atomic E-state index is 12.2. The van der Waals surface area contributed by atoms with Gasteiger partial charge in [0.1, 0.15) is 0 Å². The van der Waals surface area contributed by atoms with E-state index in [1.807, 2.05) is 6.07 Å². The van der Waals surface area contributed by atoms with Crippen LogP contribution < -0.4 is 10.6 Å². The zero-order valence-electron chi connectivity index (χ0n) is 12.7. The predicted octanol–water partition coefficient (Wildman–Crippen LogP) is 1.76. The van der Waals surface area contributed by atoms with Crippen LogP contribution in [0.3, 0.4) is 0 Å². The number of hydrogen-bond acceptors (Lipinski definition) is 4. The van der Waals surface area contributed by atoms with E-state index in [0.717, 1.165) is 11.3 Å². The van der Waals surface area contributed by atoms with Gasteiger partial charge in [0.05, 0.1) is 10.5 Å². The molecule has 116 valence electrons. The zero-order chi connectivity index (χ0) is 15.8. The number of carbonyl (C=O) groups is 1. The number of benzene rings is 1. The van der Waals surface area contributed by atoms with Gasteiger partial charge in [-0.05, 0) is 51.0 Å². The lowest BCUT2D eigenvalue weighted by Gasteiger charge is -2.30. The van der Waals surface area contributed by atoms with E-state index in [-0.39, 0.29) is 18.2 Å². The van der Waals surface area contributed by atoms with Crippen molar-refractivity contribution in [3.05, 3.63) is 23.8 Å². The van der Waals surface area contributed by atoms with Crippen LogP contribution in [0.25, 0.3) is 0 Å². The number of nitrogen functional groups attached to an aromatic ring is 1. The zero-order valence-corrected chi connectivity index (χ0v) is 13.5. The topological polar surface area (TPSA) is 80.5 Å². The van der Waals surface area contributed by atoms with Gasteiger partial charge < -0.3 is 10.6 Å². The smallest absolute Gasteiger partial charge is 0.227 e. The molecule has 1 heterocycles. The largest absolute Gasteiger partial charge is 0.399 e. The third kappa shape index (κ3) is 3.20. The second kappa shape index (κ2) is 5.33. The Labute approximate surface area is 126 Å². The highest BCUT2D eigenvalue weighted by molar-refractivity contribution is 7.92. The van der Waals surface area contributed by atoms with Gasteiger partial charge in [0.25, 0.3) is 0 Å². The quantitative estimate of drug-likeness (QED) is 0.863. The molecule has 0 saturated carbocycles. The predicted molar refractivity (Wildman–Crippen MR) is 85.1 cm³/mol. The number of rotatable bonds is 3. The minimum absolute atomic E-state index is 0.0311. The molecule has 1 aliphatic heterocycles. The molecular weight excluding hydrogens is 288 g/mol. The summed E-state index contributed by atoms with van der Waals surface area (Å²) in [6.45, 7) is 5.22. The monoisotopic (exact) mass is 310 g/mol. The lowest BCUT2D eigenvalue weighted by atomic mass is 10.0. The second-order valence-electron chi connectivity index (χ2n) is 6.36. The van der Waals surface area contributed by atoms with E-state index >= 15 is 0 Å². The van der Waals surface area contributed by atoms with E-state index in [1.165, 1.54) is 0 Å². The highest BCUT2D eigenvalue weighted by Gasteiger charge is 2.31. The number of aryl methyl sites for hydroxylation is 1. The first-order valence-corrected chi connectivity index (χ1v) is 8.68. The normalized spacial score (nSPS) is 16.0. The molecule has 0 radical (unpaired) electrons. The van der Waals surface area contributed by atoms with Crippen LogP contribution in [0.2, 0.25) is 0 Å². The van der Waals surface area contributed by atoms with Crippen molar-refractivity contribution in [2.75, 3.05) is 22.9 Å². The van der Waals surface area contributed by atoms with E-state index in [1.54, 1.807) is 37.8 Å². The molecule has 5 nitrogen and oxygen atoms in total. The van der Waals surface area contributed by atoms with Crippen molar-refractivity contribution in [1.82, 2.24) is 0 Å². The molecule has 0 spiro atoms. The molecule has 0 unspecified atom stereocenters. The van der Waals surface area contributed by atoms with E-state index < -0.39 is 14.6 Å². The maximum Gasteiger partial charge on any atom is 0.227 e. The van der Waals surface area contributed by atoms with Crippen molar-refractivity contribution >= 4 is 27.1 Å². The first-order valence-electron chi connectivity index (χ1n) is 7.03. The SMILES string of the molecule is CC(C)(C)S(=O)(=O)CCN1C(=O)CCc2cc(N)ccc21. The van der Waals surface area contributed by atoms with Gasteiger partial charge in [-0.25, -0.2) is 8.42 Å². The number of amides is 1. The number of carbonyl (C=O) groups excluding carboxylic acids is 1. The Kier molecular flexibility index (Phi) is 4.02. The molecule has 0 fully saturated rings. The Hall–Kier alpha value is -1.56. The summed E-state index contributed by atoms with van der Waals surface area (Å²) < 4.78 is 23.6. The Morgan fingerprint density at radius 3 is 2.52 bits per heavy atom. The van der Waals surface area contributed by atoms with Gasteiger partial charge in [-0.15, -0.1) is 0 Å². The summed E-state index contributed by atoms with van der Waals surface area (Å²) >= 11 is 0. The molecule has 0 saturated heterocycles. The van der Waals surface area contributed by atoms with Crippen molar-refractivity contribution in [2.24, 2.45) is 0 Å². The van der Waals surface area contributed by atoms with Crippen molar-refractivity contribution in [3.63, 3.8) is 0 Å². The Bertz CT molecular complexity index is 660. The summed E-state index contributed by atoms with van der Waals surface area (Å²) in [7, 11) is -3.25. The lowest BCUT2D eigenvalue weighted by Crippen LogP contribution is -2.41. The Morgan fingerprint density at radius 1 is 1.24 bits per heavy atom. The lowest BCUT2D eigenvalue weighted by molar-refractivity contribution is -0.118. The highest BCUT2D eigenvalue weighted by Crippen LogP contribution is 2.29. The van der Waals surface area contributed by atoms with Crippen LogP contribution in [-0.2, 0) is 21.1 Å². The number of fused-ring (bicyclic) bond motifs is 1. The van der Waals surface area contributed by atoms with Crippen molar-refractivity contribution < 1.29 is 13.2 Å². The Balaban J connectivity index is 2.23. The summed E-state index contributed by atoms with van der Waals surface area (Å²) in [6, 6.07) is 5.39. The van der Waals surface area contributed by atoms with E-state index in [2.05, 4.69) is 0 Å². The first kappa shape index (κ1) is 15.8. The third-order valence-corrected chi connectivity index (χ3v) is 6.41. The molecular formula is C15H22N2O3S. The van der Waals surface area contributed by atoms with Crippen LogP contribution in [0.15, 0.2) is 18.2 Å². The minimum Gasteiger partial charge on any atom is -0.399 e.